The minimum atomic E-state index is -0.296. The van der Waals surface area contributed by atoms with E-state index in [1.165, 1.54) is 0 Å². The monoisotopic (exact) mass is 291 g/mol. The molecule has 1 aliphatic heterocycles. The number of aromatic nitrogens is 1. The van der Waals surface area contributed by atoms with Gasteiger partial charge in [0.1, 0.15) is 5.82 Å². The molecule has 1 aromatic heterocycles. The van der Waals surface area contributed by atoms with E-state index in [4.69, 9.17) is 0 Å². The Morgan fingerprint density at radius 3 is 2.90 bits per heavy atom. The van der Waals surface area contributed by atoms with E-state index >= 15 is 0 Å². The first-order chi connectivity index (χ1) is 10.0. The normalized spacial score (nSPS) is 22.2. The lowest BCUT2D eigenvalue weighted by Gasteiger charge is -2.34. The van der Waals surface area contributed by atoms with Gasteiger partial charge in [-0.15, -0.1) is 0 Å². The zero-order valence-electron chi connectivity index (χ0n) is 13.1. The van der Waals surface area contributed by atoms with Gasteiger partial charge in [0.05, 0.1) is 6.10 Å². The fourth-order valence-corrected chi connectivity index (χ4v) is 2.72. The number of amides is 1. The number of hydrogen-bond donors (Lipinski definition) is 2. The molecule has 1 fully saturated rings. The molecule has 1 saturated heterocycles. The third-order valence-electron chi connectivity index (χ3n) is 4.03. The average molecular weight is 291 g/mol. The topological polar surface area (TPSA) is 65.5 Å². The number of nitrogens with zero attached hydrogens (tertiary/aromatic N) is 2. The van der Waals surface area contributed by atoms with Gasteiger partial charge in [0, 0.05) is 31.4 Å². The van der Waals surface area contributed by atoms with Gasteiger partial charge in [-0.3, -0.25) is 4.79 Å². The van der Waals surface area contributed by atoms with Crippen LogP contribution in [0.25, 0.3) is 0 Å². The first-order valence-electron chi connectivity index (χ1n) is 7.71. The molecule has 5 nitrogen and oxygen atoms in total. The number of pyridine rings is 1. The van der Waals surface area contributed by atoms with Crippen molar-refractivity contribution in [3.8, 4) is 0 Å². The number of carbonyl (C=O) groups is 1. The predicted molar refractivity (Wildman–Crippen MR) is 83.5 cm³/mol. The molecule has 0 aliphatic carbocycles. The lowest BCUT2D eigenvalue weighted by atomic mass is 9.96. The molecule has 2 atom stereocenters. The van der Waals surface area contributed by atoms with Crippen LogP contribution in [0, 0.1) is 5.92 Å². The maximum atomic E-state index is 12.7. The van der Waals surface area contributed by atoms with Crippen molar-refractivity contribution < 1.29 is 9.90 Å². The van der Waals surface area contributed by atoms with Crippen molar-refractivity contribution in [2.24, 2.45) is 5.92 Å². The molecule has 1 aliphatic rings. The van der Waals surface area contributed by atoms with Crippen LogP contribution in [0.3, 0.4) is 0 Å². The third-order valence-corrected chi connectivity index (χ3v) is 4.03. The highest BCUT2D eigenvalue weighted by atomic mass is 16.3. The molecule has 21 heavy (non-hydrogen) atoms. The summed E-state index contributed by atoms with van der Waals surface area (Å²) in [5, 5.41) is 12.8. The summed E-state index contributed by atoms with van der Waals surface area (Å²) in [6.45, 7) is 5.31. The molecule has 1 amide bonds. The van der Waals surface area contributed by atoms with Crippen molar-refractivity contribution in [1.29, 1.82) is 0 Å². The summed E-state index contributed by atoms with van der Waals surface area (Å²) >= 11 is 0. The minimum Gasteiger partial charge on any atom is -0.393 e. The van der Waals surface area contributed by atoms with Crippen LogP contribution in [0.1, 0.15) is 42.7 Å². The van der Waals surface area contributed by atoms with E-state index in [-0.39, 0.29) is 17.9 Å². The van der Waals surface area contributed by atoms with Crippen molar-refractivity contribution in [2.75, 3.05) is 25.5 Å². The third kappa shape index (κ3) is 3.73. The number of carbonyl (C=O) groups excluding carboxylic acids is 1. The zero-order chi connectivity index (χ0) is 15.4. The SMILES string of the molecule is CCCc1cc(C(=O)N2CCC(O)C(C)C2)cc(NC)n1. The molecule has 0 spiro atoms. The quantitative estimate of drug-likeness (QED) is 0.889. The Balaban J connectivity index is 2.20. The van der Waals surface area contributed by atoms with Gasteiger partial charge < -0.3 is 15.3 Å². The molecular formula is C16H25N3O2. The van der Waals surface area contributed by atoms with Crippen molar-refractivity contribution in [1.82, 2.24) is 9.88 Å². The van der Waals surface area contributed by atoms with Crippen molar-refractivity contribution in [2.45, 2.75) is 39.2 Å². The van der Waals surface area contributed by atoms with Crippen LogP contribution >= 0.6 is 0 Å². The Kier molecular flexibility index (Phi) is 5.17. The summed E-state index contributed by atoms with van der Waals surface area (Å²) < 4.78 is 0. The second-order valence-electron chi connectivity index (χ2n) is 5.82. The highest BCUT2D eigenvalue weighted by Gasteiger charge is 2.28. The summed E-state index contributed by atoms with van der Waals surface area (Å²) in [7, 11) is 1.81. The number of aryl methyl sites for hydroxylation is 1. The first kappa shape index (κ1) is 15.8. The van der Waals surface area contributed by atoms with Gasteiger partial charge in [-0.1, -0.05) is 20.3 Å². The smallest absolute Gasteiger partial charge is 0.254 e. The van der Waals surface area contributed by atoms with Crippen molar-refractivity contribution >= 4 is 11.7 Å². The van der Waals surface area contributed by atoms with E-state index in [1.807, 2.05) is 24.9 Å². The van der Waals surface area contributed by atoms with Crippen LogP contribution in [0.2, 0.25) is 0 Å². The molecular weight excluding hydrogens is 266 g/mol. The molecule has 1 aromatic rings. The molecule has 5 heteroatoms. The standard InChI is InChI=1S/C16H25N3O2/c1-4-5-13-8-12(9-15(17-3)18-13)16(21)19-7-6-14(20)11(2)10-19/h8-9,11,14,20H,4-7,10H2,1-3H3,(H,17,18). The highest BCUT2D eigenvalue weighted by Crippen LogP contribution is 2.20. The number of likely N-dealkylation sites (tertiary alicyclic amines) is 1. The largest absolute Gasteiger partial charge is 0.393 e. The Bertz CT molecular complexity index is 504. The van der Waals surface area contributed by atoms with E-state index in [0.717, 1.165) is 24.4 Å². The van der Waals surface area contributed by atoms with Gasteiger partial charge in [-0.2, -0.15) is 0 Å². The summed E-state index contributed by atoms with van der Waals surface area (Å²) in [5.41, 5.74) is 1.62. The van der Waals surface area contributed by atoms with Crippen LogP contribution in [0.15, 0.2) is 12.1 Å². The lowest BCUT2D eigenvalue weighted by Crippen LogP contribution is -2.45. The van der Waals surface area contributed by atoms with E-state index < -0.39 is 0 Å². The van der Waals surface area contributed by atoms with Crippen LogP contribution in [-0.2, 0) is 6.42 Å². The van der Waals surface area contributed by atoms with Crippen molar-refractivity contribution in [3.63, 3.8) is 0 Å². The van der Waals surface area contributed by atoms with Crippen LogP contribution in [0.5, 0.6) is 0 Å². The summed E-state index contributed by atoms with van der Waals surface area (Å²) in [6.07, 6.45) is 2.22. The Morgan fingerprint density at radius 2 is 2.29 bits per heavy atom. The van der Waals surface area contributed by atoms with E-state index in [0.29, 0.717) is 25.1 Å². The fraction of sp³-hybridized carbons (Fsp3) is 0.625. The van der Waals surface area contributed by atoms with Gasteiger partial charge in [0.25, 0.3) is 5.91 Å². The summed E-state index contributed by atoms with van der Waals surface area (Å²) in [4.78, 5) is 19.0. The first-order valence-corrected chi connectivity index (χ1v) is 7.71. The molecule has 0 radical (unpaired) electrons. The second-order valence-corrected chi connectivity index (χ2v) is 5.82. The van der Waals surface area contributed by atoms with Gasteiger partial charge >= 0.3 is 0 Å². The molecule has 2 heterocycles. The Morgan fingerprint density at radius 1 is 1.52 bits per heavy atom. The maximum Gasteiger partial charge on any atom is 0.254 e. The molecule has 0 saturated carbocycles. The van der Waals surface area contributed by atoms with E-state index in [1.54, 1.807) is 6.07 Å². The molecule has 116 valence electrons. The van der Waals surface area contributed by atoms with Crippen LogP contribution < -0.4 is 5.32 Å². The van der Waals surface area contributed by atoms with Crippen molar-refractivity contribution in [3.05, 3.63) is 23.4 Å². The molecule has 2 rings (SSSR count). The van der Waals surface area contributed by atoms with Gasteiger partial charge in [-0.05, 0) is 30.9 Å². The number of aliphatic hydroxyl groups excluding tert-OH is 1. The van der Waals surface area contributed by atoms with E-state index in [2.05, 4.69) is 17.2 Å². The average Bonchev–Trinajstić information content (AvgIpc) is 2.49. The minimum absolute atomic E-state index is 0.0324. The maximum absolute atomic E-state index is 12.7. The highest BCUT2D eigenvalue weighted by molar-refractivity contribution is 5.95. The molecule has 0 bridgehead atoms. The number of rotatable bonds is 4. The Hall–Kier alpha value is -1.62. The van der Waals surface area contributed by atoms with Gasteiger partial charge in [0.2, 0.25) is 0 Å². The Labute approximate surface area is 126 Å². The molecule has 2 N–H and O–H groups in total. The lowest BCUT2D eigenvalue weighted by molar-refractivity contribution is 0.0297. The number of aliphatic hydroxyl groups is 1. The van der Waals surface area contributed by atoms with Gasteiger partial charge in [-0.25, -0.2) is 4.98 Å². The molecule has 0 aromatic carbocycles. The second kappa shape index (κ2) is 6.89. The molecule has 2 unspecified atom stereocenters. The number of hydrogen-bond acceptors (Lipinski definition) is 4. The van der Waals surface area contributed by atoms with Crippen LogP contribution in [-0.4, -0.2) is 47.1 Å². The van der Waals surface area contributed by atoms with E-state index in [9.17, 15) is 9.90 Å². The van der Waals surface area contributed by atoms with Gasteiger partial charge in [0.15, 0.2) is 0 Å². The van der Waals surface area contributed by atoms with Crippen LogP contribution in [0.4, 0.5) is 5.82 Å². The number of nitrogens with one attached hydrogen (secondary N) is 1. The summed E-state index contributed by atoms with van der Waals surface area (Å²) in [6, 6.07) is 3.69. The fourth-order valence-electron chi connectivity index (χ4n) is 2.72. The zero-order valence-corrected chi connectivity index (χ0v) is 13.1. The number of piperidine rings is 1. The summed E-state index contributed by atoms with van der Waals surface area (Å²) in [5.74, 6) is 0.891. The predicted octanol–water partition coefficient (Wildman–Crippen LogP) is 1.92. The number of anilines is 1.